The second-order valence-electron chi connectivity index (χ2n) is 8.40. The van der Waals surface area contributed by atoms with Crippen molar-refractivity contribution < 1.29 is 32.2 Å². The molecule has 41 heavy (non-hydrogen) atoms. The lowest BCUT2D eigenvalue weighted by atomic mass is 10.0. The number of carbonyl (C=O) groups excluding carboxylic acids is 1. The van der Waals surface area contributed by atoms with Gasteiger partial charge in [0.25, 0.3) is 0 Å². The molecule has 0 aliphatic carbocycles. The van der Waals surface area contributed by atoms with Gasteiger partial charge < -0.3 is 25.3 Å². The molecular weight excluding hydrogens is 547 g/mol. The van der Waals surface area contributed by atoms with Gasteiger partial charge in [-0.3, -0.25) is 15.2 Å². The third-order valence-corrected chi connectivity index (χ3v) is 5.61. The predicted octanol–water partition coefficient (Wildman–Crippen LogP) is 3.00. The van der Waals surface area contributed by atoms with E-state index in [0.717, 1.165) is 13.0 Å². The second kappa shape index (κ2) is 12.2. The van der Waals surface area contributed by atoms with Crippen molar-refractivity contribution in [3.8, 4) is 23.1 Å². The van der Waals surface area contributed by atoms with Crippen LogP contribution in [-0.2, 0) is 4.79 Å². The molecule has 1 atom stereocenters. The summed E-state index contributed by atoms with van der Waals surface area (Å²) < 4.78 is 59.4. The number of benzene rings is 2. The van der Waals surface area contributed by atoms with Crippen LogP contribution in [0.1, 0.15) is 29.9 Å². The first-order chi connectivity index (χ1) is 19.6. The maximum Gasteiger partial charge on any atom is 0.349 e. The van der Waals surface area contributed by atoms with E-state index in [1.54, 1.807) is 0 Å². The maximum absolute atomic E-state index is 15.8. The highest BCUT2D eigenvalue weighted by atomic mass is 19.1. The summed E-state index contributed by atoms with van der Waals surface area (Å²) in [4.78, 5) is 30.8. The molecule has 12 nitrogen and oxygen atoms in total. The number of halogens is 3. The highest BCUT2D eigenvalue weighted by molar-refractivity contribution is 5.98. The predicted molar refractivity (Wildman–Crippen MR) is 141 cm³/mol. The van der Waals surface area contributed by atoms with Gasteiger partial charge in [0, 0.05) is 36.5 Å². The number of amidine groups is 1. The van der Waals surface area contributed by atoms with E-state index in [1.165, 1.54) is 49.7 Å². The summed E-state index contributed by atoms with van der Waals surface area (Å²) in [7, 11) is 1.32. The monoisotopic (exact) mass is 571 g/mol. The average molecular weight is 572 g/mol. The number of rotatable bonds is 11. The van der Waals surface area contributed by atoms with E-state index in [1.807, 2.05) is 0 Å². The first kappa shape index (κ1) is 28.7. The number of nitrogens with two attached hydrogens (primary N) is 1. The van der Waals surface area contributed by atoms with Gasteiger partial charge in [-0.25, -0.2) is 22.9 Å². The van der Waals surface area contributed by atoms with Crippen molar-refractivity contribution in [1.29, 1.82) is 5.41 Å². The summed E-state index contributed by atoms with van der Waals surface area (Å²) in [6.45, 7) is -0.168. The quantitative estimate of drug-likeness (QED) is 0.0915. The molecule has 4 aromatic rings. The lowest BCUT2D eigenvalue weighted by molar-refractivity contribution is -0.131. The fourth-order valence-electron chi connectivity index (χ4n) is 3.86. The Kier molecular flexibility index (Phi) is 8.55. The number of aromatic amines is 1. The molecule has 2 aromatic carbocycles. The van der Waals surface area contributed by atoms with Gasteiger partial charge in [-0.2, -0.15) is 4.68 Å². The molecule has 0 radical (unpaired) electrons. The molecule has 2 aromatic heterocycles. The molecule has 15 heteroatoms. The van der Waals surface area contributed by atoms with Gasteiger partial charge in [-0.05, 0) is 30.3 Å². The number of nitrogen functional groups attached to an aromatic ring is 1. The third-order valence-electron chi connectivity index (χ3n) is 5.61. The van der Waals surface area contributed by atoms with Crippen LogP contribution >= 0.6 is 0 Å². The van der Waals surface area contributed by atoms with Crippen LogP contribution in [0.2, 0.25) is 0 Å². The Labute approximate surface area is 230 Å². The molecule has 5 N–H and O–H groups in total. The number of aromatic nitrogens is 4. The molecule has 0 bridgehead atoms. The number of alkyl halides is 1. The number of methoxy groups -OCH3 is 1. The molecule has 0 saturated heterocycles. The Hall–Kier alpha value is -5.34. The van der Waals surface area contributed by atoms with E-state index in [-0.39, 0.29) is 45.7 Å². The van der Waals surface area contributed by atoms with Crippen LogP contribution in [0, 0.1) is 17.0 Å². The van der Waals surface area contributed by atoms with Gasteiger partial charge >= 0.3 is 11.7 Å². The number of ether oxygens (including phenoxy) is 3. The molecule has 0 fully saturated rings. The van der Waals surface area contributed by atoms with Crippen molar-refractivity contribution in [2.75, 3.05) is 25.7 Å². The zero-order valence-electron chi connectivity index (χ0n) is 21.7. The number of anilines is 1. The summed E-state index contributed by atoms with van der Waals surface area (Å²) in [6, 6.07) is 7.80. The lowest BCUT2D eigenvalue weighted by Crippen LogP contribution is -2.19. The largest absolute Gasteiger partial charge is 0.497 e. The fraction of sp³-hybridized carbons (Fsp3) is 0.192. The van der Waals surface area contributed by atoms with Gasteiger partial charge in [0.1, 0.15) is 36.7 Å². The summed E-state index contributed by atoms with van der Waals surface area (Å²) in [5, 5.41) is 14.9. The lowest BCUT2D eigenvalue weighted by Gasteiger charge is -2.21. The topological polar surface area (TPSA) is 170 Å². The van der Waals surface area contributed by atoms with Crippen molar-refractivity contribution in [3.63, 3.8) is 0 Å². The highest BCUT2D eigenvalue weighted by Crippen LogP contribution is 2.36. The molecule has 2 heterocycles. The van der Waals surface area contributed by atoms with Crippen molar-refractivity contribution >= 4 is 17.5 Å². The standard InChI is InChI=1S/C26H24F3N7O5/c1-13(37)41-19-10-14(5-6-16(19)23(30)31)33-22(17-11-15(39-2)12-20(21(17)29)40-9-7-27)24-34-26(38)36(35-24)25-18(28)4-3-8-32-25/h3-6,8,10-12,22,33H,7,9H2,1-2H3,(H3,30,31)(H,34,35,38). The van der Waals surface area contributed by atoms with E-state index in [2.05, 4.69) is 20.4 Å². The minimum Gasteiger partial charge on any atom is -0.497 e. The van der Waals surface area contributed by atoms with Crippen molar-refractivity contribution in [3.05, 3.63) is 87.7 Å². The number of pyridine rings is 1. The van der Waals surface area contributed by atoms with Crippen LogP contribution < -0.4 is 31.0 Å². The molecule has 1 unspecified atom stereocenters. The molecule has 4 rings (SSSR count). The Morgan fingerprint density at radius 1 is 1.22 bits per heavy atom. The molecule has 0 aliphatic heterocycles. The van der Waals surface area contributed by atoms with Crippen LogP contribution in [0.25, 0.3) is 5.82 Å². The SMILES string of the molecule is COc1cc(OCCF)c(F)c(C(Nc2ccc(C(=N)N)c(OC(C)=O)c2)c2nn(-c3ncccc3F)c(=O)[nH]2)c1. The van der Waals surface area contributed by atoms with Gasteiger partial charge in [-0.15, -0.1) is 5.10 Å². The Bertz CT molecular complexity index is 1660. The summed E-state index contributed by atoms with van der Waals surface area (Å²) in [6.07, 6.45) is 1.26. The first-order valence-electron chi connectivity index (χ1n) is 11.9. The van der Waals surface area contributed by atoms with Crippen LogP contribution in [-0.4, -0.2) is 51.9 Å². The van der Waals surface area contributed by atoms with Gasteiger partial charge in [0.2, 0.25) is 0 Å². The first-order valence-corrected chi connectivity index (χ1v) is 11.9. The van der Waals surface area contributed by atoms with Crippen LogP contribution in [0.4, 0.5) is 18.9 Å². The number of esters is 1. The zero-order valence-corrected chi connectivity index (χ0v) is 21.7. The van der Waals surface area contributed by atoms with Crippen LogP contribution in [0.5, 0.6) is 17.2 Å². The molecule has 0 amide bonds. The van der Waals surface area contributed by atoms with Crippen molar-refractivity contribution in [2.24, 2.45) is 5.73 Å². The number of hydrogen-bond donors (Lipinski definition) is 4. The molecule has 0 aliphatic rings. The molecular formula is C26H24F3N7O5. The number of carbonyl (C=O) groups is 1. The van der Waals surface area contributed by atoms with Gasteiger partial charge in [0.15, 0.2) is 29.0 Å². The second-order valence-corrected chi connectivity index (χ2v) is 8.40. The smallest absolute Gasteiger partial charge is 0.349 e. The summed E-state index contributed by atoms with van der Waals surface area (Å²) >= 11 is 0. The summed E-state index contributed by atoms with van der Waals surface area (Å²) in [5.74, 6) is -3.70. The van der Waals surface area contributed by atoms with Crippen LogP contribution in [0.15, 0.2) is 53.5 Å². The van der Waals surface area contributed by atoms with E-state index >= 15 is 4.39 Å². The molecule has 214 valence electrons. The van der Waals surface area contributed by atoms with E-state index < -0.39 is 48.4 Å². The number of H-pyrrole nitrogens is 1. The fourth-order valence-corrected chi connectivity index (χ4v) is 3.86. The minimum atomic E-state index is -1.31. The normalized spacial score (nSPS) is 11.5. The van der Waals surface area contributed by atoms with Gasteiger partial charge in [-0.1, -0.05) is 0 Å². The zero-order chi connectivity index (χ0) is 29.7. The summed E-state index contributed by atoms with van der Waals surface area (Å²) in [5.41, 5.74) is 4.88. The minimum absolute atomic E-state index is 0.0681. The van der Waals surface area contributed by atoms with E-state index in [9.17, 15) is 18.4 Å². The third kappa shape index (κ3) is 6.29. The molecule has 0 spiro atoms. The van der Waals surface area contributed by atoms with E-state index in [4.69, 9.17) is 25.4 Å². The Balaban J connectivity index is 1.90. The molecule has 0 saturated carbocycles. The Morgan fingerprint density at radius 2 is 2.00 bits per heavy atom. The average Bonchev–Trinajstić information content (AvgIpc) is 3.32. The van der Waals surface area contributed by atoms with Crippen molar-refractivity contribution in [2.45, 2.75) is 13.0 Å². The number of nitrogens with zero attached hydrogens (tertiary/aromatic N) is 3. The Morgan fingerprint density at radius 3 is 2.66 bits per heavy atom. The van der Waals surface area contributed by atoms with Gasteiger partial charge in [0.05, 0.1) is 12.7 Å². The number of hydrogen-bond acceptors (Lipinski definition) is 9. The highest BCUT2D eigenvalue weighted by Gasteiger charge is 2.27. The van der Waals surface area contributed by atoms with Crippen molar-refractivity contribution in [1.82, 2.24) is 19.7 Å². The van der Waals surface area contributed by atoms with Crippen LogP contribution in [0.3, 0.4) is 0 Å². The number of nitrogens with one attached hydrogen (secondary N) is 3. The van der Waals surface area contributed by atoms with E-state index in [0.29, 0.717) is 4.68 Å². The maximum atomic E-state index is 15.8.